The van der Waals surface area contributed by atoms with Crippen molar-refractivity contribution in [3.63, 3.8) is 0 Å². The van der Waals surface area contributed by atoms with Gasteiger partial charge in [-0.3, -0.25) is 4.68 Å². The monoisotopic (exact) mass is 283 g/mol. The summed E-state index contributed by atoms with van der Waals surface area (Å²) in [5, 5.41) is 4.44. The number of thiocarbonyl (C=S) groups is 1. The molecule has 0 aliphatic rings. The van der Waals surface area contributed by atoms with E-state index in [0.717, 1.165) is 43.1 Å². The topological polar surface area (TPSA) is 50.3 Å². The molecule has 0 amide bonds. The summed E-state index contributed by atoms with van der Waals surface area (Å²) < 4.78 is 1.88. The molecule has 0 bridgehead atoms. The minimum Gasteiger partial charge on any atom is -0.389 e. The molecule has 0 spiro atoms. The van der Waals surface area contributed by atoms with Gasteiger partial charge in [0.05, 0.1) is 11.3 Å². The van der Waals surface area contributed by atoms with Crippen LogP contribution in [-0.4, -0.2) is 53.4 Å². The molecule has 1 aromatic heterocycles. The lowest BCUT2D eigenvalue weighted by Gasteiger charge is -2.25. The average Bonchev–Trinajstić information content (AvgIpc) is 2.59. The summed E-state index contributed by atoms with van der Waals surface area (Å²) >= 11 is 5.16. The van der Waals surface area contributed by atoms with Crippen LogP contribution in [0.5, 0.6) is 0 Å². The van der Waals surface area contributed by atoms with Gasteiger partial charge < -0.3 is 15.5 Å². The summed E-state index contributed by atoms with van der Waals surface area (Å²) in [4.78, 5) is 4.90. The number of nitrogens with zero attached hydrogens (tertiary/aromatic N) is 4. The van der Waals surface area contributed by atoms with Crippen LogP contribution in [0.4, 0.5) is 5.82 Å². The smallest absolute Gasteiger partial charge is 0.137 e. The normalized spacial score (nSPS) is 11.1. The summed E-state index contributed by atoms with van der Waals surface area (Å²) in [5.41, 5.74) is 7.65. The largest absolute Gasteiger partial charge is 0.389 e. The first-order valence-electron chi connectivity index (χ1n) is 6.61. The number of aromatic nitrogens is 2. The van der Waals surface area contributed by atoms with Crippen molar-refractivity contribution in [1.82, 2.24) is 14.7 Å². The maximum atomic E-state index is 5.84. The van der Waals surface area contributed by atoms with E-state index in [2.05, 4.69) is 35.9 Å². The molecule has 0 saturated heterocycles. The standard InChI is InChI=1S/C13H25N5S/c1-6-18(9-7-8-16(3)4)13-11(12(14)19)10(2)15-17(13)5/h6-9H2,1-5H3,(H2,14,19). The van der Waals surface area contributed by atoms with Gasteiger partial charge >= 0.3 is 0 Å². The predicted molar refractivity (Wildman–Crippen MR) is 84.9 cm³/mol. The molecule has 5 nitrogen and oxygen atoms in total. The van der Waals surface area contributed by atoms with Crippen LogP contribution in [0.25, 0.3) is 0 Å². The van der Waals surface area contributed by atoms with Crippen molar-refractivity contribution in [1.29, 1.82) is 0 Å². The van der Waals surface area contributed by atoms with E-state index < -0.39 is 0 Å². The SMILES string of the molecule is CCN(CCCN(C)C)c1c(C(N)=S)c(C)nn1C. The Hall–Kier alpha value is -1.14. The number of hydrogen-bond donors (Lipinski definition) is 1. The number of nitrogens with two attached hydrogens (primary N) is 1. The van der Waals surface area contributed by atoms with Gasteiger partial charge in [0, 0.05) is 20.1 Å². The Kier molecular flexibility index (Phi) is 5.75. The first kappa shape index (κ1) is 15.9. The summed E-state index contributed by atoms with van der Waals surface area (Å²) in [6.45, 7) is 7.05. The van der Waals surface area contributed by atoms with Crippen LogP contribution >= 0.6 is 12.2 Å². The fraction of sp³-hybridized carbons (Fsp3) is 0.692. The van der Waals surface area contributed by atoms with Gasteiger partial charge in [-0.1, -0.05) is 12.2 Å². The van der Waals surface area contributed by atoms with Gasteiger partial charge in [-0.15, -0.1) is 0 Å². The maximum absolute atomic E-state index is 5.84. The molecule has 108 valence electrons. The van der Waals surface area contributed by atoms with Crippen LogP contribution < -0.4 is 10.6 Å². The van der Waals surface area contributed by atoms with Crippen molar-refractivity contribution in [2.75, 3.05) is 38.6 Å². The lowest BCUT2D eigenvalue weighted by Crippen LogP contribution is -2.30. The molecule has 0 aliphatic carbocycles. The first-order chi connectivity index (χ1) is 8.88. The highest BCUT2D eigenvalue weighted by Gasteiger charge is 2.20. The lowest BCUT2D eigenvalue weighted by molar-refractivity contribution is 0.400. The molecule has 0 radical (unpaired) electrons. The molecule has 0 unspecified atom stereocenters. The summed E-state index contributed by atoms with van der Waals surface area (Å²) in [6.07, 6.45) is 1.10. The van der Waals surface area contributed by atoms with Crippen LogP contribution in [0.15, 0.2) is 0 Å². The molecular formula is C13H25N5S. The molecule has 1 rings (SSSR count). The van der Waals surface area contributed by atoms with Gasteiger partial charge in [-0.25, -0.2) is 0 Å². The van der Waals surface area contributed by atoms with E-state index in [9.17, 15) is 0 Å². The maximum Gasteiger partial charge on any atom is 0.137 e. The Bertz CT molecular complexity index is 438. The molecule has 1 aromatic rings. The van der Waals surface area contributed by atoms with Crippen molar-refractivity contribution in [3.05, 3.63) is 11.3 Å². The second-order valence-corrected chi connectivity index (χ2v) is 5.45. The lowest BCUT2D eigenvalue weighted by atomic mass is 10.2. The molecule has 0 atom stereocenters. The van der Waals surface area contributed by atoms with Crippen LogP contribution in [0.3, 0.4) is 0 Å². The van der Waals surface area contributed by atoms with Crippen molar-refractivity contribution >= 4 is 23.0 Å². The fourth-order valence-corrected chi connectivity index (χ4v) is 2.53. The van der Waals surface area contributed by atoms with E-state index in [-0.39, 0.29) is 0 Å². The van der Waals surface area contributed by atoms with Crippen molar-refractivity contribution in [2.45, 2.75) is 20.3 Å². The Morgan fingerprint density at radius 3 is 2.47 bits per heavy atom. The number of anilines is 1. The van der Waals surface area contributed by atoms with Gasteiger partial charge in [0.2, 0.25) is 0 Å². The first-order valence-corrected chi connectivity index (χ1v) is 7.02. The molecule has 2 N–H and O–H groups in total. The second-order valence-electron chi connectivity index (χ2n) is 5.01. The zero-order chi connectivity index (χ0) is 14.6. The summed E-state index contributed by atoms with van der Waals surface area (Å²) in [5.74, 6) is 1.03. The Morgan fingerprint density at radius 2 is 2.00 bits per heavy atom. The van der Waals surface area contributed by atoms with Crippen LogP contribution in [0, 0.1) is 6.92 Å². The van der Waals surface area contributed by atoms with Crippen molar-refractivity contribution < 1.29 is 0 Å². The zero-order valence-corrected chi connectivity index (χ0v) is 13.4. The molecule has 0 aliphatic heterocycles. The molecular weight excluding hydrogens is 258 g/mol. The minimum atomic E-state index is 0.423. The third-order valence-electron chi connectivity index (χ3n) is 3.15. The molecule has 0 fully saturated rings. The van der Waals surface area contributed by atoms with Crippen LogP contribution in [0.1, 0.15) is 24.6 Å². The molecule has 6 heteroatoms. The number of rotatable bonds is 7. The van der Waals surface area contributed by atoms with Crippen LogP contribution in [0.2, 0.25) is 0 Å². The van der Waals surface area contributed by atoms with Gasteiger partial charge in [0.25, 0.3) is 0 Å². The molecule has 0 aromatic carbocycles. The van der Waals surface area contributed by atoms with E-state index >= 15 is 0 Å². The Labute approximate surface area is 121 Å². The van der Waals surface area contributed by atoms with E-state index in [1.54, 1.807) is 0 Å². The highest BCUT2D eigenvalue weighted by atomic mass is 32.1. The Balaban J connectivity index is 2.94. The summed E-state index contributed by atoms with van der Waals surface area (Å²) in [6, 6.07) is 0. The third kappa shape index (κ3) is 3.91. The number of aryl methyl sites for hydroxylation is 2. The molecule has 1 heterocycles. The summed E-state index contributed by atoms with van der Waals surface area (Å²) in [7, 11) is 6.12. The predicted octanol–water partition coefficient (Wildman–Crippen LogP) is 1.14. The highest BCUT2D eigenvalue weighted by molar-refractivity contribution is 7.80. The Morgan fingerprint density at radius 1 is 1.37 bits per heavy atom. The van der Waals surface area contributed by atoms with Gasteiger partial charge in [0.15, 0.2) is 0 Å². The van der Waals surface area contributed by atoms with E-state index in [0.29, 0.717) is 4.99 Å². The highest BCUT2D eigenvalue weighted by Crippen LogP contribution is 2.23. The van der Waals surface area contributed by atoms with Crippen LogP contribution in [-0.2, 0) is 7.05 Å². The van der Waals surface area contributed by atoms with Crippen molar-refractivity contribution in [3.8, 4) is 0 Å². The van der Waals surface area contributed by atoms with Gasteiger partial charge in [0.1, 0.15) is 10.8 Å². The molecule has 19 heavy (non-hydrogen) atoms. The van der Waals surface area contributed by atoms with E-state index in [1.807, 2.05) is 18.7 Å². The average molecular weight is 283 g/mol. The van der Waals surface area contributed by atoms with E-state index in [4.69, 9.17) is 18.0 Å². The fourth-order valence-electron chi connectivity index (χ4n) is 2.29. The number of hydrogen-bond acceptors (Lipinski definition) is 4. The van der Waals surface area contributed by atoms with Crippen molar-refractivity contribution in [2.24, 2.45) is 12.8 Å². The molecule has 0 saturated carbocycles. The van der Waals surface area contributed by atoms with E-state index in [1.165, 1.54) is 0 Å². The third-order valence-corrected chi connectivity index (χ3v) is 3.36. The zero-order valence-electron chi connectivity index (χ0n) is 12.6. The van der Waals surface area contributed by atoms with Gasteiger partial charge in [-0.2, -0.15) is 5.10 Å². The van der Waals surface area contributed by atoms with Gasteiger partial charge in [-0.05, 0) is 40.9 Å². The second kappa shape index (κ2) is 6.86. The quantitative estimate of drug-likeness (QED) is 0.761. The minimum absolute atomic E-state index is 0.423.